The van der Waals surface area contributed by atoms with E-state index >= 15 is 0 Å². The van der Waals surface area contributed by atoms with Gasteiger partial charge in [0.2, 0.25) is 0 Å². The van der Waals surface area contributed by atoms with Gasteiger partial charge in [-0.1, -0.05) is 11.6 Å². The molecule has 0 amide bonds. The van der Waals surface area contributed by atoms with Gasteiger partial charge < -0.3 is 15.1 Å². The minimum Gasteiger partial charge on any atom is -0.317 e. The second kappa shape index (κ2) is 11.7. The highest BCUT2D eigenvalue weighted by atomic mass is 15.1. The Balaban J connectivity index is 3.32. The van der Waals surface area contributed by atoms with Crippen LogP contribution in [0.1, 0.15) is 32.6 Å². The van der Waals surface area contributed by atoms with Crippen molar-refractivity contribution >= 4 is 0 Å². The normalized spacial score (nSPS) is 12.7. The number of allylic oxidation sites excluding steroid dienone is 1. The topological polar surface area (TPSA) is 18.5 Å². The lowest BCUT2D eigenvalue weighted by atomic mass is 10.1. The summed E-state index contributed by atoms with van der Waals surface area (Å²) in [5.74, 6) is 0. The van der Waals surface area contributed by atoms with E-state index in [9.17, 15) is 0 Å². The van der Waals surface area contributed by atoms with Crippen LogP contribution >= 0.6 is 0 Å². The van der Waals surface area contributed by atoms with Gasteiger partial charge in [0.05, 0.1) is 0 Å². The highest BCUT2D eigenvalue weighted by molar-refractivity contribution is 4.97. The molecule has 0 fully saturated rings. The molecule has 3 nitrogen and oxygen atoms in total. The summed E-state index contributed by atoms with van der Waals surface area (Å²) in [6.07, 6.45) is 7.28. The first-order valence-corrected chi connectivity index (χ1v) is 7.18. The molecule has 0 aromatic heterocycles. The average molecular weight is 255 g/mol. The van der Waals surface area contributed by atoms with Crippen LogP contribution in [0.4, 0.5) is 0 Å². The number of hydrogen-bond acceptors (Lipinski definition) is 3. The van der Waals surface area contributed by atoms with Crippen molar-refractivity contribution in [2.75, 3.05) is 54.4 Å². The maximum absolute atomic E-state index is 3.51. The van der Waals surface area contributed by atoms with Crippen molar-refractivity contribution in [1.29, 1.82) is 0 Å². The van der Waals surface area contributed by atoms with E-state index in [1.165, 1.54) is 37.8 Å². The molecule has 0 spiro atoms. The van der Waals surface area contributed by atoms with E-state index in [2.05, 4.69) is 56.3 Å². The van der Waals surface area contributed by atoms with Gasteiger partial charge >= 0.3 is 0 Å². The quantitative estimate of drug-likeness (QED) is 0.451. The summed E-state index contributed by atoms with van der Waals surface area (Å²) in [7, 11) is 8.51. The molecule has 0 radical (unpaired) electrons. The van der Waals surface area contributed by atoms with Crippen LogP contribution in [0.25, 0.3) is 0 Å². The lowest BCUT2D eigenvalue weighted by Crippen LogP contribution is -2.22. The Morgan fingerprint density at radius 1 is 0.944 bits per heavy atom. The molecule has 0 bridgehead atoms. The van der Waals surface area contributed by atoms with Crippen molar-refractivity contribution in [3.05, 3.63) is 11.6 Å². The summed E-state index contributed by atoms with van der Waals surface area (Å²) in [6, 6.07) is 0. The number of nitrogens with zero attached hydrogens (tertiary/aromatic N) is 2. The Morgan fingerprint density at radius 2 is 1.56 bits per heavy atom. The number of nitrogens with one attached hydrogen (secondary N) is 1. The van der Waals surface area contributed by atoms with Crippen molar-refractivity contribution in [1.82, 2.24) is 15.1 Å². The average Bonchev–Trinajstić information content (AvgIpc) is 2.26. The first kappa shape index (κ1) is 17.6. The number of hydrogen-bond donors (Lipinski definition) is 1. The van der Waals surface area contributed by atoms with E-state index in [0.29, 0.717) is 0 Å². The van der Waals surface area contributed by atoms with Gasteiger partial charge in [-0.2, -0.15) is 0 Å². The van der Waals surface area contributed by atoms with Crippen LogP contribution in [-0.2, 0) is 0 Å². The second-order valence-electron chi connectivity index (χ2n) is 5.65. The van der Waals surface area contributed by atoms with E-state index < -0.39 is 0 Å². The van der Waals surface area contributed by atoms with Crippen LogP contribution in [-0.4, -0.2) is 64.2 Å². The fourth-order valence-corrected chi connectivity index (χ4v) is 1.81. The van der Waals surface area contributed by atoms with E-state index in [4.69, 9.17) is 0 Å². The lowest BCUT2D eigenvalue weighted by Gasteiger charge is -2.10. The van der Waals surface area contributed by atoms with E-state index in [1.807, 2.05) is 0 Å². The predicted octanol–water partition coefficient (Wildman–Crippen LogP) is 2.21. The molecule has 3 heteroatoms. The Bertz CT molecular complexity index is 210. The fraction of sp³-hybridized carbons (Fsp3) is 0.867. The molecule has 0 aliphatic heterocycles. The first-order valence-electron chi connectivity index (χ1n) is 7.18. The summed E-state index contributed by atoms with van der Waals surface area (Å²) in [4.78, 5) is 4.47. The van der Waals surface area contributed by atoms with Gasteiger partial charge in [-0.3, -0.25) is 0 Å². The molecule has 0 rings (SSSR count). The minimum absolute atomic E-state index is 1.14. The van der Waals surface area contributed by atoms with Gasteiger partial charge in [-0.15, -0.1) is 0 Å². The molecule has 0 saturated carbocycles. The Kier molecular flexibility index (Phi) is 11.4. The van der Waals surface area contributed by atoms with Gasteiger partial charge in [0.25, 0.3) is 0 Å². The molecule has 0 aromatic carbocycles. The summed E-state index contributed by atoms with van der Waals surface area (Å²) in [6.45, 7) is 6.87. The third kappa shape index (κ3) is 13.7. The Labute approximate surface area is 114 Å². The zero-order valence-corrected chi connectivity index (χ0v) is 13.1. The van der Waals surface area contributed by atoms with Crippen LogP contribution < -0.4 is 5.32 Å². The minimum atomic E-state index is 1.14. The third-order valence-corrected chi connectivity index (χ3v) is 2.95. The molecule has 0 saturated heterocycles. The molecule has 108 valence electrons. The number of rotatable bonds is 11. The van der Waals surface area contributed by atoms with Crippen molar-refractivity contribution in [2.45, 2.75) is 32.6 Å². The molecule has 0 unspecified atom stereocenters. The molecule has 0 aliphatic rings. The van der Waals surface area contributed by atoms with Crippen LogP contribution in [0, 0.1) is 0 Å². The van der Waals surface area contributed by atoms with Crippen molar-refractivity contribution in [3.8, 4) is 0 Å². The molecule has 0 aliphatic carbocycles. The second-order valence-corrected chi connectivity index (χ2v) is 5.65. The van der Waals surface area contributed by atoms with E-state index in [0.717, 1.165) is 19.6 Å². The third-order valence-electron chi connectivity index (χ3n) is 2.95. The molecule has 0 heterocycles. The molecule has 0 aromatic rings. The highest BCUT2D eigenvalue weighted by Gasteiger charge is 1.94. The van der Waals surface area contributed by atoms with Crippen LogP contribution in [0.15, 0.2) is 11.6 Å². The van der Waals surface area contributed by atoms with Crippen molar-refractivity contribution in [3.63, 3.8) is 0 Å². The predicted molar refractivity (Wildman–Crippen MR) is 82.2 cm³/mol. The highest BCUT2D eigenvalue weighted by Crippen LogP contribution is 2.04. The standard InChI is InChI=1S/C15H33N3/c1-15(10-7-13-17(2)3)9-6-11-16-12-8-14-18(4)5/h10,16H,6-9,11-14H2,1-5H3/b15-10+. The summed E-state index contributed by atoms with van der Waals surface area (Å²) in [5.41, 5.74) is 1.53. The molecular weight excluding hydrogens is 222 g/mol. The Morgan fingerprint density at radius 3 is 2.17 bits per heavy atom. The van der Waals surface area contributed by atoms with Crippen LogP contribution in [0.2, 0.25) is 0 Å². The maximum Gasteiger partial charge on any atom is 0.000990 e. The molecule has 1 N–H and O–H groups in total. The van der Waals surface area contributed by atoms with Gasteiger partial charge in [0.15, 0.2) is 0 Å². The summed E-state index contributed by atoms with van der Waals surface area (Å²) in [5, 5.41) is 3.51. The summed E-state index contributed by atoms with van der Waals surface area (Å²) >= 11 is 0. The summed E-state index contributed by atoms with van der Waals surface area (Å²) < 4.78 is 0. The van der Waals surface area contributed by atoms with E-state index in [-0.39, 0.29) is 0 Å². The van der Waals surface area contributed by atoms with Gasteiger partial charge in [-0.05, 0) is 80.4 Å². The lowest BCUT2D eigenvalue weighted by molar-refractivity contribution is 0.394. The maximum atomic E-state index is 3.51. The van der Waals surface area contributed by atoms with Crippen LogP contribution in [0.5, 0.6) is 0 Å². The molecular formula is C15H33N3. The first-order chi connectivity index (χ1) is 8.52. The fourth-order valence-electron chi connectivity index (χ4n) is 1.81. The molecule has 18 heavy (non-hydrogen) atoms. The van der Waals surface area contributed by atoms with Crippen molar-refractivity contribution in [2.24, 2.45) is 0 Å². The van der Waals surface area contributed by atoms with Gasteiger partial charge in [0.1, 0.15) is 0 Å². The zero-order valence-electron chi connectivity index (χ0n) is 13.1. The molecule has 0 atom stereocenters. The van der Waals surface area contributed by atoms with E-state index in [1.54, 1.807) is 0 Å². The van der Waals surface area contributed by atoms with Gasteiger partial charge in [-0.25, -0.2) is 0 Å². The SMILES string of the molecule is C/C(=C\CCN(C)C)CCCNCCCN(C)C. The largest absolute Gasteiger partial charge is 0.317 e. The van der Waals surface area contributed by atoms with Crippen LogP contribution in [0.3, 0.4) is 0 Å². The monoisotopic (exact) mass is 255 g/mol. The van der Waals surface area contributed by atoms with Gasteiger partial charge in [0, 0.05) is 6.54 Å². The smallest absolute Gasteiger partial charge is 0.000990 e. The van der Waals surface area contributed by atoms with Crippen molar-refractivity contribution < 1.29 is 0 Å². The zero-order chi connectivity index (χ0) is 13.8. The Hall–Kier alpha value is -0.380.